The van der Waals surface area contributed by atoms with Crippen LogP contribution in [0.1, 0.15) is 16.1 Å². The van der Waals surface area contributed by atoms with E-state index in [9.17, 15) is 14.4 Å². The second-order valence-electron chi connectivity index (χ2n) is 6.25. The van der Waals surface area contributed by atoms with Crippen molar-refractivity contribution in [1.29, 1.82) is 0 Å². The number of fused-ring (bicyclic) bond motifs is 1. The SMILES string of the molecule is NC(=O)C(=O)C(Cc1c[nH]c2occc12)NC(=O)c1ccnn1-c1ccccn1. The van der Waals surface area contributed by atoms with Crippen LogP contribution in [0.4, 0.5) is 0 Å². The molecule has 0 fully saturated rings. The Balaban J connectivity index is 1.61. The molecule has 0 aliphatic rings. The first-order valence-corrected chi connectivity index (χ1v) is 8.68. The number of primary amides is 1. The van der Waals surface area contributed by atoms with Gasteiger partial charge in [0.1, 0.15) is 11.7 Å². The van der Waals surface area contributed by atoms with E-state index in [1.54, 1.807) is 36.7 Å². The third kappa shape index (κ3) is 3.50. The number of pyridine rings is 1. The molecular formula is C19H16N6O4. The van der Waals surface area contributed by atoms with Gasteiger partial charge >= 0.3 is 0 Å². The average Bonchev–Trinajstić information content (AvgIpc) is 3.45. The fourth-order valence-corrected chi connectivity index (χ4v) is 3.04. The van der Waals surface area contributed by atoms with E-state index in [1.165, 1.54) is 23.2 Å². The van der Waals surface area contributed by atoms with Crippen LogP contribution < -0.4 is 11.1 Å². The van der Waals surface area contributed by atoms with Crippen molar-refractivity contribution in [2.24, 2.45) is 5.73 Å². The Morgan fingerprint density at radius 3 is 2.83 bits per heavy atom. The Morgan fingerprint density at radius 1 is 1.21 bits per heavy atom. The number of nitrogens with two attached hydrogens (primary N) is 1. The summed E-state index contributed by atoms with van der Waals surface area (Å²) in [6, 6.07) is 7.24. The van der Waals surface area contributed by atoms with E-state index in [2.05, 4.69) is 20.4 Å². The number of carbonyl (C=O) groups is 3. The topological polar surface area (TPSA) is 149 Å². The molecule has 10 heteroatoms. The number of hydrogen-bond donors (Lipinski definition) is 3. The summed E-state index contributed by atoms with van der Waals surface area (Å²) in [5, 5.41) is 7.44. The van der Waals surface area contributed by atoms with Crippen molar-refractivity contribution in [3.05, 3.63) is 66.4 Å². The lowest BCUT2D eigenvalue weighted by Gasteiger charge is -2.16. The van der Waals surface area contributed by atoms with E-state index in [0.717, 1.165) is 5.39 Å². The van der Waals surface area contributed by atoms with Crippen molar-refractivity contribution in [3.63, 3.8) is 0 Å². The van der Waals surface area contributed by atoms with E-state index in [-0.39, 0.29) is 12.1 Å². The lowest BCUT2D eigenvalue weighted by Crippen LogP contribution is -2.47. The number of carbonyl (C=O) groups excluding carboxylic acids is 3. The summed E-state index contributed by atoms with van der Waals surface area (Å²) in [6.45, 7) is 0. The molecule has 1 unspecified atom stereocenters. The average molecular weight is 392 g/mol. The van der Waals surface area contributed by atoms with Gasteiger partial charge in [0.15, 0.2) is 5.82 Å². The molecule has 4 aromatic heterocycles. The Kier molecular flexibility index (Phi) is 4.65. The number of nitrogens with zero attached hydrogens (tertiary/aromatic N) is 3. The second-order valence-corrected chi connectivity index (χ2v) is 6.25. The van der Waals surface area contributed by atoms with Gasteiger partial charge in [0.2, 0.25) is 11.5 Å². The molecule has 0 bridgehead atoms. The van der Waals surface area contributed by atoms with Gasteiger partial charge in [-0.05, 0) is 29.8 Å². The molecule has 0 radical (unpaired) electrons. The maximum atomic E-state index is 12.8. The fraction of sp³-hybridized carbons (Fsp3) is 0.105. The van der Waals surface area contributed by atoms with Crippen LogP contribution in [-0.2, 0) is 16.0 Å². The Hall–Kier alpha value is -4.21. The molecular weight excluding hydrogens is 376 g/mol. The van der Waals surface area contributed by atoms with Crippen molar-refractivity contribution in [1.82, 2.24) is 25.1 Å². The minimum absolute atomic E-state index is 0.0603. The summed E-state index contributed by atoms with van der Waals surface area (Å²) in [6.07, 6.45) is 6.22. The number of amides is 2. The number of Topliss-reactive ketones (excluding diaryl/α,β-unsaturated/α-hetero) is 1. The fourth-order valence-electron chi connectivity index (χ4n) is 3.04. The molecule has 4 heterocycles. The van der Waals surface area contributed by atoms with E-state index < -0.39 is 23.6 Å². The predicted octanol–water partition coefficient (Wildman–Crippen LogP) is 0.737. The van der Waals surface area contributed by atoms with Crippen LogP contribution in [0.5, 0.6) is 0 Å². The quantitative estimate of drug-likeness (QED) is 0.395. The van der Waals surface area contributed by atoms with Gasteiger partial charge < -0.3 is 20.5 Å². The van der Waals surface area contributed by atoms with Gasteiger partial charge in [0.25, 0.3) is 11.8 Å². The molecule has 29 heavy (non-hydrogen) atoms. The maximum Gasteiger partial charge on any atom is 0.287 e. The number of H-pyrrole nitrogens is 1. The first kappa shape index (κ1) is 18.2. The smallest absolute Gasteiger partial charge is 0.287 e. The Morgan fingerprint density at radius 2 is 2.07 bits per heavy atom. The third-order valence-corrected chi connectivity index (χ3v) is 4.42. The van der Waals surface area contributed by atoms with E-state index in [1.807, 2.05) is 0 Å². The number of rotatable bonds is 7. The van der Waals surface area contributed by atoms with Gasteiger partial charge in [0.05, 0.1) is 12.5 Å². The summed E-state index contributed by atoms with van der Waals surface area (Å²) >= 11 is 0. The number of furan rings is 1. The largest absolute Gasteiger partial charge is 0.448 e. The van der Waals surface area contributed by atoms with Crippen LogP contribution in [0, 0.1) is 0 Å². The van der Waals surface area contributed by atoms with Crippen LogP contribution in [0.25, 0.3) is 16.9 Å². The van der Waals surface area contributed by atoms with Crippen molar-refractivity contribution < 1.29 is 18.8 Å². The van der Waals surface area contributed by atoms with E-state index in [4.69, 9.17) is 10.2 Å². The molecule has 146 valence electrons. The van der Waals surface area contributed by atoms with Gasteiger partial charge in [-0.1, -0.05) is 6.07 Å². The van der Waals surface area contributed by atoms with Crippen molar-refractivity contribution in [3.8, 4) is 5.82 Å². The van der Waals surface area contributed by atoms with Crippen LogP contribution in [0.15, 0.2) is 59.6 Å². The molecule has 4 rings (SSSR count). The molecule has 0 saturated carbocycles. The zero-order valence-electron chi connectivity index (χ0n) is 15.0. The summed E-state index contributed by atoms with van der Waals surface area (Å²) in [4.78, 5) is 43.8. The van der Waals surface area contributed by atoms with Crippen LogP contribution in [0.2, 0.25) is 0 Å². The molecule has 0 aliphatic heterocycles. The molecule has 1 atom stereocenters. The minimum atomic E-state index is -1.15. The van der Waals surface area contributed by atoms with E-state index in [0.29, 0.717) is 17.1 Å². The molecule has 0 saturated heterocycles. The van der Waals surface area contributed by atoms with Gasteiger partial charge in [0, 0.05) is 24.2 Å². The van der Waals surface area contributed by atoms with Gasteiger partial charge in [-0.15, -0.1) is 0 Å². The zero-order chi connectivity index (χ0) is 20.4. The molecule has 10 nitrogen and oxygen atoms in total. The van der Waals surface area contributed by atoms with Crippen LogP contribution >= 0.6 is 0 Å². The predicted molar refractivity (Wildman–Crippen MR) is 101 cm³/mol. The van der Waals surface area contributed by atoms with E-state index >= 15 is 0 Å². The standard InChI is InChI=1S/C19H16N6O4/c20-17(27)16(26)13(9-11-10-22-19-12(11)5-8-29-19)24-18(28)14-4-7-23-25(14)15-3-1-2-6-21-15/h1-8,10,13,22H,9H2,(H2,20,27)(H,24,28). The van der Waals surface area contributed by atoms with Crippen molar-refractivity contribution in [2.45, 2.75) is 12.5 Å². The number of aromatic nitrogens is 4. The molecule has 0 spiro atoms. The van der Waals surface area contributed by atoms with Crippen LogP contribution in [-0.4, -0.2) is 43.4 Å². The summed E-state index contributed by atoms with van der Waals surface area (Å²) in [5.41, 5.74) is 6.57. The molecule has 4 N–H and O–H groups in total. The van der Waals surface area contributed by atoms with Gasteiger partial charge in [-0.25, -0.2) is 9.67 Å². The summed E-state index contributed by atoms with van der Waals surface area (Å²) < 4.78 is 6.59. The highest BCUT2D eigenvalue weighted by molar-refractivity contribution is 6.38. The third-order valence-electron chi connectivity index (χ3n) is 4.42. The molecule has 2 amide bonds. The highest BCUT2D eigenvalue weighted by Gasteiger charge is 2.28. The Labute approximate surface area is 163 Å². The monoisotopic (exact) mass is 392 g/mol. The second kappa shape index (κ2) is 7.43. The summed E-state index contributed by atoms with van der Waals surface area (Å²) in [7, 11) is 0. The highest BCUT2D eigenvalue weighted by atomic mass is 16.3. The molecule has 4 aromatic rings. The van der Waals surface area contributed by atoms with Crippen molar-refractivity contribution >= 4 is 28.7 Å². The van der Waals surface area contributed by atoms with Crippen LogP contribution in [0.3, 0.4) is 0 Å². The number of aromatic amines is 1. The van der Waals surface area contributed by atoms with Gasteiger partial charge in [-0.2, -0.15) is 5.10 Å². The number of ketones is 1. The Bertz CT molecular complexity index is 1190. The molecule has 0 aromatic carbocycles. The minimum Gasteiger partial charge on any atom is -0.448 e. The maximum absolute atomic E-state index is 12.8. The number of hydrogen-bond acceptors (Lipinski definition) is 6. The zero-order valence-corrected chi connectivity index (χ0v) is 15.0. The first-order valence-electron chi connectivity index (χ1n) is 8.68. The lowest BCUT2D eigenvalue weighted by molar-refractivity contribution is -0.137. The van der Waals surface area contributed by atoms with Crippen molar-refractivity contribution in [2.75, 3.05) is 0 Å². The number of nitrogens with one attached hydrogen (secondary N) is 2. The lowest BCUT2D eigenvalue weighted by atomic mass is 10.0. The van der Waals surface area contributed by atoms with Gasteiger partial charge in [-0.3, -0.25) is 14.4 Å². The summed E-state index contributed by atoms with van der Waals surface area (Å²) in [5.74, 6) is -2.19. The normalized spacial score (nSPS) is 12.0. The first-order chi connectivity index (χ1) is 14.0. The molecule has 0 aliphatic carbocycles. The highest BCUT2D eigenvalue weighted by Crippen LogP contribution is 2.20.